The number of aromatic nitrogens is 15. The van der Waals surface area contributed by atoms with Crippen LogP contribution in [0.15, 0.2) is 382 Å². The van der Waals surface area contributed by atoms with Gasteiger partial charge in [-0.25, -0.2) is 39.9 Å². The maximum absolute atomic E-state index is 8.51. The highest BCUT2D eigenvalue weighted by atomic mass is 15.1. The van der Waals surface area contributed by atoms with Crippen molar-refractivity contribution in [3.8, 4) is 120 Å². The predicted molar refractivity (Wildman–Crippen MR) is 445 cm³/mol. The van der Waals surface area contributed by atoms with Crippen molar-refractivity contribution in [3.63, 3.8) is 0 Å². The van der Waals surface area contributed by atoms with Crippen molar-refractivity contribution < 1.29 is 13.7 Å². The van der Waals surface area contributed by atoms with Gasteiger partial charge in [-0.1, -0.05) is 194 Å². The van der Waals surface area contributed by atoms with Crippen molar-refractivity contribution in [2.75, 3.05) is 0 Å². The highest BCUT2D eigenvalue weighted by Crippen LogP contribution is 2.38. The molecule has 21 rings (SSSR count). The Balaban J connectivity index is 0.000000121. The minimum absolute atomic E-state index is 0.0115. The molecule has 0 unspecified atom stereocenters. The number of nitrogens with zero attached hydrogens (tertiary/aromatic N) is 15. The van der Waals surface area contributed by atoms with E-state index in [-0.39, 0.29) is 28.6 Å². The summed E-state index contributed by atoms with van der Waals surface area (Å²) in [5.74, 6) is 1.64. The third kappa shape index (κ3) is 13.1. The largest absolute Gasteiger partial charge is 0.309 e. The highest BCUT2D eigenvalue weighted by molar-refractivity contribution is 6.11. The zero-order valence-electron chi connectivity index (χ0n) is 68.8. The molecule has 0 aliphatic rings. The normalized spacial score (nSPS) is 12.5. The smallest absolute Gasteiger partial charge is 0.182 e. The Bertz CT molecular complexity index is 6870. The van der Waals surface area contributed by atoms with Crippen LogP contribution >= 0.6 is 0 Å². The van der Waals surface area contributed by atoms with E-state index in [1.165, 1.54) is 43.6 Å². The average Bonchev–Trinajstić information content (AvgIpc) is 1.58. The van der Waals surface area contributed by atoms with Crippen LogP contribution in [-0.2, 0) is 0 Å². The van der Waals surface area contributed by atoms with Crippen LogP contribution in [0.4, 0.5) is 0 Å². The van der Waals surface area contributed by atoms with Gasteiger partial charge in [-0.3, -0.25) is 19.9 Å². The van der Waals surface area contributed by atoms with E-state index in [0.717, 1.165) is 72.8 Å². The van der Waals surface area contributed by atoms with Crippen molar-refractivity contribution >= 4 is 65.4 Å². The molecule has 0 saturated heterocycles. The monoisotopic (exact) mass is 1440 g/mol. The third-order valence-corrected chi connectivity index (χ3v) is 19.0. The Hall–Kier alpha value is -15.5. The lowest BCUT2D eigenvalue weighted by Crippen LogP contribution is -2.02. The van der Waals surface area contributed by atoms with Gasteiger partial charge in [0.05, 0.1) is 69.6 Å². The van der Waals surface area contributed by atoms with Crippen LogP contribution in [0.1, 0.15) is 13.7 Å². The van der Waals surface area contributed by atoms with Crippen LogP contribution in [0.2, 0.25) is 0 Å². The first-order chi connectivity index (χ1) is 59.2. The van der Waals surface area contributed by atoms with Crippen LogP contribution in [0.25, 0.3) is 185 Å². The van der Waals surface area contributed by atoms with Gasteiger partial charge in [0, 0.05) is 102 Å². The first-order valence-corrected chi connectivity index (χ1v) is 35.7. The molecule has 15 heteroatoms. The molecule has 0 N–H and O–H groups in total. The molecule has 0 aliphatic heterocycles. The summed E-state index contributed by atoms with van der Waals surface area (Å²) in [7, 11) is 0. The second-order valence-electron chi connectivity index (χ2n) is 25.7. The third-order valence-electron chi connectivity index (χ3n) is 19.0. The lowest BCUT2D eigenvalue weighted by molar-refractivity contribution is 1.04. The molecule has 0 bridgehead atoms. The molecular formula is C96H63N15. The summed E-state index contributed by atoms with van der Waals surface area (Å²) in [5, 5.41) is 7.15. The molecule has 0 atom stereocenters. The van der Waals surface area contributed by atoms with E-state index in [9.17, 15) is 0 Å². The maximum Gasteiger partial charge on any atom is 0.182 e. The molecule has 10 aromatic heterocycles. The molecule has 0 radical (unpaired) electrons. The van der Waals surface area contributed by atoms with Crippen LogP contribution in [0.5, 0.6) is 0 Å². The average molecular weight is 1440 g/mol. The summed E-state index contributed by atoms with van der Waals surface area (Å²) in [4.78, 5) is 55.2. The van der Waals surface area contributed by atoms with Gasteiger partial charge < -0.3 is 13.7 Å². The summed E-state index contributed by atoms with van der Waals surface area (Å²) in [6.07, 6.45) is 7.02. The zero-order valence-corrected chi connectivity index (χ0v) is 58.8. The van der Waals surface area contributed by atoms with Gasteiger partial charge in [-0.2, -0.15) is 0 Å². The fraction of sp³-hybridized carbons (Fsp3) is 0. The van der Waals surface area contributed by atoms with E-state index in [0.29, 0.717) is 40.2 Å². The number of para-hydroxylation sites is 6. The molecule has 0 aliphatic carbocycles. The van der Waals surface area contributed by atoms with Crippen molar-refractivity contribution in [1.29, 1.82) is 0 Å². The molecule has 0 saturated carbocycles. The van der Waals surface area contributed by atoms with Gasteiger partial charge in [0.25, 0.3) is 0 Å². The fourth-order valence-corrected chi connectivity index (χ4v) is 13.9. The number of fused-ring (bicyclic) bond motifs is 9. The van der Waals surface area contributed by atoms with E-state index >= 15 is 0 Å². The van der Waals surface area contributed by atoms with Crippen LogP contribution in [0.3, 0.4) is 0 Å². The number of rotatable bonds is 12. The minimum atomic E-state index is -0.595. The summed E-state index contributed by atoms with van der Waals surface area (Å²) in [6, 6.07) is 93.4. The van der Waals surface area contributed by atoms with Crippen molar-refractivity contribution in [2.45, 2.75) is 0 Å². The number of hydrogen-bond donors (Lipinski definition) is 0. The first kappa shape index (κ1) is 55.9. The minimum Gasteiger partial charge on any atom is -0.309 e. The van der Waals surface area contributed by atoms with Gasteiger partial charge in [-0.15, -0.1) is 0 Å². The molecule has 0 amide bonds. The van der Waals surface area contributed by atoms with Crippen LogP contribution in [0, 0.1) is 0 Å². The van der Waals surface area contributed by atoms with E-state index in [1.54, 1.807) is 36.9 Å². The first-order valence-electron chi connectivity index (χ1n) is 40.7. The highest BCUT2D eigenvalue weighted by Gasteiger charge is 2.20. The zero-order chi connectivity index (χ0) is 82.5. The van der Waals surface area contributed by atoms with Crippen LogP contribution in [-0.4, -0.2) is 73.5 Å². The predicted octanol–water partition coefficient (Wildman–Crippen LogP) is 22.1. The molecule has 522 valence electrons. The SMILES string of the molecule is [2H]c1c([2H])c([2H])c(-c2nc(-c3ccc(-n4c5ccccc5c5ccccc54)cc3)nc(-c3c([2H])c([2H])c([2H])c([2H])c3[2H])n2)c([2H])c1[2H].c1ccc(-c2cc(-c3ccccn3)nc(-c3ccc(-n4c5ccccc5c5ccccc54)cc3)n2)nc1.c1ccc(-c2nc(-c3ccc(-n4c5ccccc5c5ccccc54)cc3)nc(-c3ccccn3)n2)nc1. The molecule has 21 aromatic rings. The lowest BCUT2D eigenvalue weighted by atomic mass is 10.1. The second-order valence-corrected chi connectivity index (χ2v) is 25.7. The lowest BCUT2D eigenvalue weighted by Gasteiger charge is -2.10. The van der Waals surface area contributed by atoms with E-state index in [4.69, 9.17) is 33.6 Å². The summed E-state index contributed by atoms with van der Waals surface area (Å²) >= 11 is 0. The molecule has 111 heavy (non-hydrogen) atoms. The van der Waals surface area contributed by atoms with Gasteiger partial charge in [-0.05, 0) is 164 Å². The number of hydrogen-bond acceptors (Lipinski definition) is 12. The van der Waals surface area contributed by atoms with E-state index in [1.807, 2.05) is 127 Å². The van der Waals surface area contributed by atoms with Crippen molar-refractivity contribution in [3.05, 3.63) is 382 Å². The summed E-state index contributed by atoms with van der Waals surface area (Å²) < 4.78 is 89.4. The molecule has 11 aromatic carbocycles. The van der Waals surface area contributed by atoms with Gasteiger partial charge >= 0.3 is 0 Å². The van der Waals surface area contributed by atoms with Gasteiger partial charge in [0.2, 0.25) is 0 Å². The van der Waals surface area contributed by atoms with Gasteiger partial charge in [0.1, 0.15) is 11.4 Å². The van der Waals surface area contributed by atoms with E-state index < -0.39 is 60.4 Å². The molecule has 0 fully saturated rings. The maximum atomic E-state index is 8.51. The standard InChI is InChI=1S/C33H22N4.C32H21N5.C31H20N6/c1-3-11-23(12-4-1)31-34-32(24-13-5-2-6-14-24)36-33(35-31)25-19-21-26(22-20-25)37-29-17-9-7-15-27(29)28-16-8-10-18-30(28)37;1-3-13-30-24(9-1)25-10-2-4-14-31(25)37(30)23-17-15-22(16-18-23)32-35-28(26-11-5-7-19-33-26)21-29(36-32)27-12-6-8-20-34-27;1-3-13-27-23(9-1)24-10-2-4-14-28(24)37(27)22-17-15-21(16-18-22)29-34-30(25-11-5-7-19-32-25)36-31(35-29)26-12-6-8-20-33-26/h1-22H;1-21H;1-20H/i1D,2D,3D,4D,5D,6D,11D,12D,13D,14D;;. The summed E-state index contributed by atoms with van der Waals surface area (Å²) in [5.41, 5.74) is 15.9. The Morgan fingerprint density at radius 2 is 0.423 bits per heavy atom. The van der Waals surface area contributed by atoms with Gasteiger partial charge in [0.15, 0.2) is 40.8 Å². The van der Waals surface area contributed by atoms with E-state index in [2.05, 4.69) is 211 Å². The molecule has 10 heterocycles. The fourth-order valence-electron chi connectivity index (χ4n) is 13.9. The Morgan fingerprint density at radius 1 is 0.189 bits per heavy atom. The quantitative estimate of drug-likeness (QED) is 0.114. The van der Waals surface area contributed by atoms with Crippen molar-refractivity contribution in [1.82, 2.24) is 73.5 Å². The summed E-state index contributed by atoms with van der Waals surface area (Å²) in [6.45, 7) is 0. The Labute approximate surface area is 651 Å². The Morgan fingerprint density at radius 3 is 0.703 bits per heavy atom. The molecular weight excluding hydrogens is 1360 g/mol. The second kappa shape index (κ2) is 29.5. The van der Waals surface area contributed by atoms with Crippen LogP contribution < -0.4 is 0 Å². The molecule has 15 nitrogen and oxygen atoms in total. The molecule has 0 spiro atoms. The van der Waals surface area contributed by atoms with Crippen molar-refractivity contribution in [2.24, 2.45) is 0 Å². The number of pyridine rings is 4. The Kier molecular flexibility index (Phi) is 14.8. The topological polar surface area (TPSA) is 169 Å². The number of benzene rings is 11.